The Morgan fingerprint density at radius 1 is 1.14 bits per heavy atom. The van der Waals surface area contributed by atoms with Crippen LogP contribution in [0.4, 0.5) is 17.1 Å². The number of non-ortho nitro benzene ring substituents is 1. The zero-order valence-corrected chi connectivity index (χ0v) is 14.8. The van der Waals surface area contributed by atoms with Crippen LogP contribution in [0, 0.1) is 32.6 Å². The van der Waals surface area contributed by atoms with Crippen molar-refractivity contribution in [2.75, 3.05) is 18.6 Å². The third-order valence-corrected chi connectivity index (χ3v) is 3.37. The molecule has 0 radical (unpaired) electrons. The Bertz CT molecular complexity index is 952. The van der Waals surface area contributed by atoms with E-state index in [0.29, 0.717) is 23.7 Å². The molecule has 1 N–H and O–H groups in total. The van der Waals surface area contributed by atoms with Crippen LogP contribution in [0.5, 0.6) is 11.5 Å². The Hall–Kier alpha value is -4.13. The number of anilines is 1. The van der Waals surface area contributed by atoms with Gasteiger partial charge in [0.15, 0.2) is 11.5 Å². The molecule has 0 spiro atoms. The zero-order chi connectivity index (χ0) is 20.5. The summed E-state index contributed by atoms with van der Waals surface area (Å²) in [5.41, 5.74) is 2.33. The van der Waals surface area contributed by atoms with E-state index < -0.39 is 15.5 Å². The smallest absolute Gasteiger partial charge is 0.301 e. The number of benzene rings is 2. The van der Waals surface area contributed by atoms with Crippen LogP contribution in [0.25, 0.3) is 0 Å². The molecule has 10 heteroatoms. The summed E-state index contributed by atoms with van der Waals surface area (Å²) >= 11 is 0. The van der Waals surface area contributed by atoms with Gasteiger partial charge in [0.05, 0.1) is 28.7 Å². The number of nitrogens with one attached hydrogen (secondary N) is 1. The van der Waals surface area contributed by atoms with Gasteiger partial charge in [0.25, 0.3) is 5.69 Å². The molecule has 0 aliphatic heterocycles. The molecular formula is C18H16N4O6. The third kappa shape index (κ3) is 5.18. The van der Waals surface area contributed by atoms with Gasteiger partial charge in [0.1, 0.15) is 12.3 Å². The molecule has 0 atom stereocenters. The topological polar surface area (TPSA) is 129 Å². The van der Waals surface area contributed by atoms with Gasteiger partial charge in [-0.3, -0.25) is 25.7 Å². The maximum Gasteiger partial charge on any atom is 0.301 e. The molecule has 0 aliphatic rings. The molecule has 0 aliphatic carbocycles. The minimum atomic E-state index is -0.727. The van der Waals surface area contributed by atoms with Crippen LogP contribution in [-0.4, -0.2) is 29.3 Å². The second-order valence-corrected chi connectivity index (χ2v) is 5.22. The molecule has 2 rings (SSSR count). The molecule has 0 aromatic heterocycles. The van der Waals surface area contributed by atoms with Crippen LogP contribution >= 0.6 is 0 Å². The van der Waals surface area contributed by atoms with Gasteiger partial charge in [-0.1, -0.05) is 5.92 Å². The summed E-state index contributed by atoms with van der Waals surface area (Å²) in [5, 5.41) is 25.8. The molecule has 0 fully saturated rings. The van der Waals surface area contributed by atoms with Crippen molar-refractivity contribution in [2.24, 2.45) is 5.10 Å². The highest BCUT2D eigenvalue weighted by molar-refractivity contribution is 5.82. The highest BCUT2D eigenvalue weighted by Crippen LogP contribution is 2.30. The summed E-state index contributed by atoms with van der Waals surface area (Å²) in [6.45, 7) is 2.33. The lowest BCUT2D eigenvalue weighted by Gasteiger charge is -2.10. The Morgan fingerprint density at radius 3 is 2.57 bits per heavy atom. The van der Waals surface area contributed by atoms with Crippen molar-refractivity contribution in [3.63, 3.8) is 0 Å². The fourth-order valence-corrected chi connectivity index (χ4v) is 2.17. The molecular weight excluding hydrogens is 368 g/mol. The fraction of sp³-hybridized carbons (Fsp3) is 0.167. The number of rotatable bonds is 9. The molecule has 28 heavy (non-hydrogen) atoms. The highest BCUT2D eigenvalue weighted by atomic mass is 16.6. The maximum absolute atomic E-state index is 11.1. The van der Waals surface area contributed by atoms with Crippen molar-refractivity contribution < 1.29 is 19.3 Å². The van der Waals surface area contributed by atoms with Crippen LogP contribution in [0.3, 0.4) is 0 Å². The molecule has 2 aromatic carbocycles. The minimum Gasteiger partial charge on any atom is -0.490 e. The Labute approximate surface area is 160 Å². The second-order valence-electron chi connectivity index (χ2n) is 5.22. The average molecular weight is 384 g/mol. The van der Waals surface area contributed by atoms with Crippen LogP contribution < -0.4 is 14.9 Å². The van der Waals surface area contributed by atoms with Crippen molar-refractivity contribution in [2.45, 2.75) is 6.92 Å². The van der Waals surface area contributed by atoms with E-state index in [1.54, 1.807) is 18.2 Å². The van der Waals surface area contributed by atoms with E-state index in [1.807, 2.05) is 6.92 Å². The third-order valence-electron chi connectivity index (χ3n) is 3.37. The highest BCUT2D eigenvalue weighted by Gasteiger charge is 2.19. The Morgan fingerprint density at radius 2 is 1.93 bits per heavy atom. The monoisotopic (exact) mass is 384 g/mol. The largest absolute Gasteiger partial charge is 0.490 e. The van der Waals surface area contributed by atoms with Gasteiger partial charge >= 0.3 is 5.69 Å². The molecule has 0 amide bonds. The number of hydrazone groups is 1. The molecule has 0 saturated heterocycles. The molecule has 144 valence electrons. The lowest BCUT2D eigenvalue weighted by Crippen LogP contribution is -2.01. The molecule has 0 heterocycles. The van der Waals surface area contributed by atoms with Crippen LogP contribution in [0.15, 0.2) is 41.5 Å². The van der Waals surface area contributed by atoms with E-state index in [-0.39, 0.29) is 18.0 Å². The number of nitro benzene ring substituents is 2. The summed E-state index contributed by atoms with van der Waals surface area (Å²) in [6, 6.07) is 8.26. The van der Waals surface area contributed by atoms with Gasteiger partial charge in [-0.15, -0.1) is 6.42 Å². The Kier molecular flexibility index (Phi) is 6.87. The van der Waals surface area contributed by atoms with Crippen molar-refractivity contribution in [1.82, 2.24) is 0 Å². The van der Waals surface area contributed by atoms with E-state index in [2.05, 4.69) is 16.4 Å². The van der Waals surface area contributed by atoms with Gasteiger partial charge < -0.3 is 9.47 Å². The lowest BCUT2D eigenvalue weighted by molar-refractivity contribution is -0.393. The first-order valence-electron chi connectivity index (χ1n) is 8.01. The summed E-state index contributed by atoms with van der Waals surface area (Å²) < 4.78 is 10.9. The molecule has 0 bridgehead atoms. The van der Waals surface area contributed by atoms with E-state index >= 15 is 0 Å². The predicted molar refractivity (Wildman–Crippen MR) is 103 cm³/mol. The normalized spacial score (nSPS) is 10.3. The van der Waals surface area contributed by atoms with Gasteiger partial charge in [0, 0.05) is 6.07 Å². The second kappa shape index (κ2) is 9.54. The minimum absolute atomic E-state index is 0.0193. The van der Waals surface area contributed by atoms with Crippen molar-refractivity contribution in [1.29, 1.82) is 0 Å². The summed E-state index contributed by atoms with van der Waals surface area (Å²) in [4.78, 5) is 20.4. The zero-order valence-electron chi connectivity index (χ0n) is 14.8. The van der Waals surface area contributed by atoms with E-state index in [4.69, 9.17) is 15.9 Å². The molecule has 0 saturated carbocycles. The van der Waals surface area contributed by atoms with Crippen LogP contribution in [0.1, 0.15) is 12.5 Å². The van der Waals surface area contributed by atoms with Crippen molar-refractivity contribution in [3.8, 4) is 23.8 Å². The standard InChI is InChI=1S/C18H16N4O6/c1-3-9-28-17-8-5-13(10-18(17)27-4-2)12-19-20-15-7-6-14(21(23)24)11-16(15)22(25)26/h1,5-8,10-12,20H,4,9H2,2H3/b19-12+. The number of ether oxygens (including phenoxy) is 2. The Balaban J connectivity index is 2.20. The lowest BCUT2D eigenvalue weighted by atomic mass is 10.2. The van der Waals surface area contributed by atoms with Crippen LogP contribution in [0.2, 0.25) is 0 Å². The first-order valence-corrected chi connectivity index (χ1v) is 8.01. The summed E-state index contributed by atoms with van der Waals surface area (Å²) in [6.07, 6.45) is 6.60. The van der Waals surface area contributed by atoms with Crippen molar-refractivity contribution >= 4 is 23.3 Å². The summed E-state index contributed by atoms with van der Waals surface area (Å²) in [5.74, 6) is 3.32. The predicted octanol–water partition coefficient (Wildman–Crippen LogP) is 3.36. The van der Waals surface area contributed by atoms with Gasteiger partial charge in [-0.05, 0) is 36.8 Å². The number of hydrogen-bond donors (Lipinski definition) is 1. The van der Waals surface area contributed by atoms with Gasteiger partial charge in [-0.2, -0.15) is 5.10 Å². The summed E-state index contributed by atoms with van der Waals surface area (Å²) in [7, 11) is 0. The molecule has 0 unspecified atom stereocenters. The number of hydrogen-bond acceptors (Lipinski definition) is 8. The average Bonchev–Trinajstić information content (AvgIpc) is 2.67. The number of nitro groups is 2. The first-order chi connectivity index (χ1) is 13.5. The SMILES string of the molecule is C#CCOc1ccc(/C=N/Nc2ccc([N+](=O)[O-])cc2[N+](=O)[O-])cc1OCC. The number of terminal acetylenes is 1. The van der Waals surface area contributed by atoms with E-state index in [1.165, 1.54) is 12.3 Å². The first kappa shape index (κ1) is 20.2. The molecule has 10 nitrogen and oxygen atoms in total. The van der Waals surface area contributed by atoms with Crippen molar-refractivity contribution in [3.05, 3.63) is 62.2 Å². The van der Waals surface area contributed by atoms with Gasteiger partial charge in [-0.25, -0.2) is 0 Å². The van der Waals surface area contributed by atoms with E-state index in [9.17, 15) is 20.2 Å². The van der Waals surface area contributed by atoms with Gasteiger partial charge in [0.2, 0.25) is 0 Å². The van der Waals surface area contributed by atoms with E-state index in [0.717, 1.165) is 12.1 Å². The fourth-order valence-electron chi connectivity index (χ4n) is 2.17. The number of nitrogens with zero attached hydrogens (tertiary/aromatic N) is 3. The quantitative estimate of drug-likeness (QED) is 0.304. The molecule has 2 aromatic rings. The van der Waals surface area contributed by atoms with Crippen LogP contribution in [-0.2, 0) is 0 Å². The maximum atomic E-state index is 11.1.